The van der Waals surface area contributed by atoms with E-state index in [1.807, 2.05) is 48.5 Å². The van der Waals surface area contributed by atoms with Crippen molar-refractivity contribution >= 4 is 21.8 Å². The van der Waals surface area contributed by atoms with Crippen molar-refractivity contribution in [3.63, 3.8) is 0 Å². The van der Waals surface area contributed by atoms with Gasteiger partial charge >= 0.3 is 0 Å². The van der Waals surface area contributed by atoms with Gasteiger partial charge in [0, 0.05) is 28.5 Å². The van der Waals surface area contributed by atoms with Crippen molar-refractivity contribution in [3.8, 4) is 39.1 Å². The lowest BCUT2D eigenvalue weighted by Gasteiger charge is -2.28. The van der Waals surface area contributed by atoms with Crippen molar-refractivity contribution < 1.29 is 17.6 Å². The summed E-state index contributed by atoms with van der Waals surface area (Å²) in [4.78, 5) is 0. The summed E-state index contributed by atoms with van der Waals surface area (Å²) in [6.07, 6.45) is 0. The van der Waals surface area contributed by atoms with E-state index in [1.165, 1.54) is 35.4 Å². The molecule has 0 unspecified atom stereocenters. The summed E-state index contributed by atoms with van der Waals surface area (Å²) in [5, 5.41) is 1.68. The van der Waals surface area contributed by atoms with Crippen molar-refractivity contribution in [3.05, 3.63) is 150 Å². The van der Waals surface area contributed by atoms with Crippen LogP contribution in [0.5, 0.6) is 0 Å². The molecule has 0 aliphatic rings. The van der Waals surface area contributed by atoms with Crippen molar-refractivity contribution in [2.24, 2.45) is 0 Å². The fourth-order valence-corrected chi connectivity index (χ4v) is 6.85. The quantitative estimate of drug-likeness (QED) is 0.166. The smallest absolute Gasteiger partial charge is 0.126 e. The Morgan fingerprint density at radius 3 is 1.39 bits per heavy atom. The molecule has 6 aromatic carbocycles. The minimum atomic E-state index is -0.658. The largest absolute Gasteiger partial charge is 0.309 e. The van der Waals surface area contributed by atoms with Gasteiger partial charge in [-0.15, -0.1) is 0 Å². The Morgan fingerprint density at radius 2 is 0.918 bits per heavy atom. The highest BCUT2D eigenvalue weighted by atomic mass is 19.1. The number of aromatic nitrogens is 1. The van der Waals surface area contributed by atoms with Crippen LogP contribution < -0.4 is 0 Å². The van der Waals surface area contributed by atoms with Crippen molar-refractivity contribution in [1.29, 1.82) is 0 Å². The number of benzene rings is 6. The Kier molecular flexibility index (Phi) is 7.78. The molecule has 0 bridgehead atoms. The van der Waals surface area contributed by atoms with Crippen LogP contribution in [-0.2, 0) is 10.8 Å². The van der Waals surface area contributed by atoms with Crippen LogP contribution in [0.1, 0.15) is 52.7 Å². The van der Waals surface area contributed by atoms with E-state index < -0.39 is 23.3 Å². The molecule has 1 nitrogen and oxygen atoms in total. The van der Waals surface area contributed by atoms with E-state index in [-0.39, 0.29) is 10.8 Å². The van der Waals surface area contributed by atoms with Crippen molar-refractivity contribution in [2.45, 2.75) is 52.4 Å². The van der Waals surface area contributed by atoms with Gasteiger partial charge in [-0.05, 0) is 104 Å². The standard InChI is InChI=1S/C44H37F4N/c1-43(2,3)30-13-14-35(39(23-30)44(4,5)6)36-9-7-8-10-40(36)49-41-15-11-26(28-17-31(45)24-32(46)18-28)21-37(41)38-22-27(12-16-42(38)49)29-19-33(47)25-34(48)20-29/h7-25H,1-6H3. The first-order valence-electron chi connectivity index (χ1n) is 16.4. The number of fused-ring (bicyclic) bond motifs is 3. The molecule has 0 spiro atoms. The summed E-state index contributed by atoms with van der Waals surface area (Å²) >= 11 is 0. The lowest BCUT2D eigenvalue weighted by atomic mass is 9.77. The molecule has 0 saturated heterocycles. The van der Waals surface area contributed by atoms with E-state index in [0.29, 0.717) is 22.3 Å². The molecule has 49 heavy (non-hydrogen) atoms. The van der Waals surface area contributed by atoms with Crippen LogP contribution in [0.15, 0.2) is 115 Å². The molecule has 0 fully saturated rings. The van der Waals surface area contributed by atoms with Crippen LogP contribution in [0.2, 0.25) is 0 Å². The van der Waals surface area contributed by atoms with Crippen LogP contribution >= 0.6 is 0 Å². The number of halogens is 4. The third kappa shape index (κ3) is 6.03. The van der Waals surface area contributed by atoms with E-state index in [4.69, 9.17) is 0 Å². The molecule has 0 saturated carbocycles. The Balaban J connectivity index is 1.53. The second kappa shape index (κ2) is 11.8. The van der Waals surface area contributed by atoms with Crippen LogP contribution in [0.25, 0.3) is 60.9 Å². The SMILES string of the molecule is CC(C)(C)c1ccc(-c2ccccc2-n2c3ccc(-c4cc(F)cc(F)c4)cc3c3cc(-c4cc(F)cc(F)c4)ccc32)c(C(C)(C)C)c1. The zero-order valence-electron chi connectivity index (χ0n) is 28.4. The molecule has 0 atom stereocenters. The summed E-state index contributed by atoms with van der Waals surface area (Å²) in [5.41, 5.74) is 9.37. The van der Waals surface area contributed by atoms with Gasteiger partial charge in [-0.25, -0.2) is 17.6 Å². The molecule has 1 heterocycles. The topological polar surface area (TPSA) is 4.93 Å². The Morgan fingerprint density at radius 1 is 0.429 bits per heavy atom. The first-order chi connectivity index (χ1) is 23.2. The molecule has 0 amide bonds. The molecule has 7 aromatic rings. The van der Waals surface area contributed by atoms with Crippen LogP contribution in [0.3, 0.4) is 0 Å². The number of para-hydroxylation sites is 1. The Hall–Kier alpha value is -5.16. The molecular formula is C44H37F4N. The van der Waals surface area contributed by atoms with E-state index >= 15 is 0 Å². The molecule has 0 radical (unpaired) electrons. The minimum Gasteiger partial charge on any atom is -0.309 e. The highest BCUT2D eigenvalue weighted by Crippen LogP contribution is 2.43. The number of nitrogens with zero attached hydrogens (tertiary/aromatic N) is 1. The first kappa shape index (κ1) is 32.4. The summed E-state index contributed by atoms with van der Waals surface area (Å²) in [6, 6.07) is 33.6. The van der Waals surface area contributed by atoms with Gasteiger partial charge < -0.3 is 4.57 Å². The molecule has 246 valence electrons. The predicted octanol–water partition coefficient (Wildman–Crippen LogP) is 12.9. The molecule has 0 aliphatic heterocycles. The van der Waals surface area contributed by atoms with Gasteiger partial charge in [0.2, 0.25) is 0 Å². The molecule has 0 N–H and O–H groups in total. The van der Waals surface area contributed by atoms with E-state index in [9.17, 15) is 17.6 Å². The average Bonchev–Trinajstić information content (AvgIpc) is 3.35. The second-order valence-corrected chi connectivity index (χ2v) is 14.9. The van der Waals surface area contributed by atoms with Crippen LogP contribution in [0.4, 0.5) is 17.6 Å². The van der Waals surface area contributed by atoms with Crippen LogP contribution in [0, 0.1) is 23.3 Å². The maximum atomic E-state index is 14.3. The van der Waals surface area contributed by atoms with Gasteiger partial charge in [0.1, 0.15) is 23.3 Å². The van der Waals surface area contributed by atoms with Gasteiger partial charge in [0.15, 0.2) is 0 Å². The molecule has 0 aliphatic carbocycles. The molecule has 5 heteroatoms. The molecule has 1 aromatic heterocycles. The van der Waals surface area contributed by atoms with Gasteiger partial charge in [-0.1, -0.05) is 90.1 Å². The summed E-state index contributed by atoms with van der Waals surface area (Å²) < 4.78 is 59.5. The third-order valence-corrected chi connectivity index (χ3v) is 9.29. The van der Waals surface area contributed by atoms with Gasteiger partial charge in [0.25, 0.3) is 0 Å². The molecular weight excluding hydrogens is 618 g/mol. The highest BCUT2D eigenvalue weighted by molar-refractivity contribution is 6.12. The van der Waals surface area contributed by atoms with Crippen LogP contribution in [-0.4, -0.2) is 4.57 Å². The van der Waals surface area contributed by atoms with E-state index in [1.54, 1.807) is 0 Å². The molecule has 7 rings (SSSR count). The summed E-state index contributed by atoms with van der Waals surface area (Å²) in [6.45, 7) is 13.4. The maximum Gasteiger partial charge on any atom is 0.126 e. The second-order valence-electron chi connectivity index (χ2n) is 14.9. The number of hydrogen-bond acceptors (Lipinski definition) is 0. The van der Waals surface area contributed by atoms with Gasteiger partial charge in [-0.3, -0.25) is 0 Å². The third-order valence-electron chi connectivity index (χ3n) is 9.29. The number of hydrogen-bond donors (Lipinski definition) is 0. The summed E-state index contributed by atoms with van der Waals surface area (Å²) in [7, 11) is 0. The Labute approximate surface area is 284 Å². The fraction of sp³-hybridized carbons (Fsp3) is 0.182. The Bertz CT molecular complexity index is 2250. The van der Waals surface area contributed by atoms with Crippen molar-refractivity contribution in [1.82, 2.24) is 4.57 Å². The zero-order valence-corrected chi connectivity index (χ0v) is 28.4. The highest BCUT2D eigenvalue weighted by Gasteiger charge is 2.25. The van der Waals surface area contributed by atoms with Crippen molar-refractivity contribution in [2.75, 3.05) is 0 Å². The number of rotatable bonds is 4. The van der Waals surface area contributed by atoms with E-state index in [2.05, 4.69) is 76.4 Å². The fourth-order valence-electron chi connectivity index (χ4n) is 6.85. The predicted molar refractivity (Wildman–Crippen MR) is 194 cm³/mol. The normalized spacial score (nSPS) is 12.3. The average molecular weight is 656 g/mol. The van der Waals surface area contributed by atoms with Gasteiger partial charge in [-0.2, -0.15) is 0 Å². The monoisotopic (exact) mass is 655 g/mol. The van der Waals surface area contributed by atoms with Gasteiger partial charge in [0.05, 0.1) is 16.7 Å². The lowest BCUT2D eigenvalue weighted by Crippen LogP contribution is -2.17. The van der Waals surface area contributed by atoms with E-state index in [0.717, 1.165) is 50.8 Å². The minimum absolute atomic E-state index is 0.0184. The summed E-state index contributed by atoms with van der Waals surface area (Å²) in [5.74, 6) is -2.63. The zero-order chi connectivity index (χ0) is 34.8. The lowest BCUT2D eigenvalue weighted by molar-refractivity contribution is 0.569. The first-order valence-corrected chi connectivity index (χ1v) is 16.4. The maximum absolute atomic E-state index is 14.3.